The molecule has 32 heavy (non-hydrogen) atoms. The lowest BCUT2D eigenvalue weighted by Crippen LogP contribution is -2.11. The van der Waals surface area contributed by atoms with Crippen LogP contribution in [0.4, 0.5) is 17.6 Å². The van der Waals surface area contributed by atoms with Crippen molar-refractivity contribution in [3.8, 4) is 16.2 Å². The van der Waals surface area contributed by atoms with E-state index in [0.717, 1.165) is 5.56 Å². The molecule has 1 N–H and O–H groups in total. The van der Waals surface area contributed by atoms with E-state index in [4.69, 9.17) is 9.84 Å². The number of hydrogen-bond acceptors (Lipinski definition) is 4. The summed E-state index contributed by atoms with van der Waals surface area (Å²) in [6.45, 7) is 4.71. The molecule has 3 rings (SSSR count). The Morgan fingerprint density at radius 1 is 1.16 bits per heavy atom. The van der Waals surface area contributed by atoms with E-state index >= 15 is 0 Å². The number of hydrogen-bond donors (Lipinski definition) is 1. The molecule has 1 aromatic heterocycles. The third-order valence-corrected chi connectivity index (χ3v) is 6.03. The van der Waals surface area contributed by atoms with Crippen molar-refractivity contribution in [2.24, 2.45) is 0 Å². The minimum Gasteiger partial charge on any atom is -0.488 e. The van der Waals surface area contributed by atoms with Gasteiger partial charge in [-0.1, -0.05) is 24.3 Å². The number of carbonyl (C=O) groups is 1. The van der Waals surface area contributed by atoms with E-state index in [-0.39, 0.29) is 28.8 Å². The van der Waals surface area contributed by atoms with Crippen LogP contribution in [-0.4, -0.2) is 15.4 Å². The first-order valence-electron chi connectivity index (χ1n) is 9.75. The van der Waals surface area contributed by atoms with Gasteiger partial charge in [0.2, 0.25) is 0 Å². The van der Waals surface area contributed by atoms with Crippen LogP contribution in [0.25, 0.3) is 10.4 Å². The Morgan fingerprint density at radius 3 is 2.50 bits per heavy atom. The van der Waals surface area contributed by atoms with Crippen molar-refractivity contribution in [1.29, 1.82) is 0 Å². The number of benzene rings is 2. The van der Waals surface area contributed by atoms with E-state index in [1.54, 1.807) is 39.0 Å². The molecule has 0 amide bonds. The van der Waals surface area contributed by atoms with Crippen molar-refractivity contribution in [2.75, 3.05) is 0 Å². The molecule has 0 spiro atoms. The van der Waals surface area contributed by atoms with Crippen LogP contribution in [0.1, 0.15) is 39.9 Å². The number of carboxylic acids is 1. The molecule has 0 bridgehead atoms. The van der Waals surface area contributed by atoms with E-state index in [1.165, 1.54) is 12.1 Å². The lowest BCUT2D eigenvalue weighted by atomic mass is 10.00. The van der Waals surface area contributed by atoms with Gasteiger partial charge in [-0.2, -0.15) is 17.5 Å². The number of rotatable bonds is 7. The van der Waals surface area contributed by atoms with Gasteiger partial charge in [0.1, 0.15) is 18.2 Å². The van der Waals surface area contributed by atoms with Gasteiger partial charge in [-0.05, 0) is 67.0 Å². The summed E-state index contributed by atoms with van der Waals surface area (Å²) in [5.74, 6) is -1.20. The Morgan fingerprint density at radius 2 is 1.88 bits per heavy atom. The normalized spacial score (nSPS) is 11.6. The molecule has 4 nitrogen and oxygen atoms in total. The standard InChI is InChI=1S/C23H21F4NO3S/c1-12-4-8-16(18(24)10-12)21-17(22(28-32-21)23(25,26)27)11-31-20-13(2)5-6-15(14(20)3)7-9-19(29)30/h4-6,8,10H,7,9,11H2,1-3H3,(H,29,30). The summed E-state index contributed by atoms with van der Waals surface area (Å²) in [4.78, 5) is 11.0. The number of nitrogens with zero attached hydrogens (tertiary/aromatic N) is 1. The predicted molar refractivity (Wildman–Crippen MR) is 113 cm³/mol. The Balaban J connectivity index is 2.00. The van der Waals surface area contributed by atoms with Crippen LogP contribution in [0.15, 0.2) is 30.3 Å². The summed E-state index contributed by atoms with van der Waals surface area (Å²) < 4.78 is 64.7. The van der Waals surface area contributed by atoms with Gasteiger partial charge < -0.3 is 9.84 Å². The Labute approximate surface area is 186 Å². The van der Waals surface area contributed by atoms with Crippen LogP contribution in [-0.2, 0) is 24.0 Å². The van der Waals surface area contributed by atoms with Crippen molar-refractivity contribution < 1.29 is 32.2 Å². The largest absolute Gasteiger partial charge is 0.488 e. The van der Waals surface area contributed by atoms with Gasteiger partial charge in [-0.3, -0.25) is 4.79 Å². The fourth-order valence-electron chi connectivity index (χ4n) is 3.43. The average molecular weight is 467 g/mol. The fourth-order valence-corrected chi connectivity index (χ4v) is 4.35. The lowest BCUT2D eigenvalue weighted by molar-refractivity contribution is -0.141. The van der Waals surface area contributed by atoms with E-state index in [1.807, 2.05) is 0 Å². The highest BCUT2D eigenvalue weighted by molar-refractivity contribution is 7.09. The maximum atomic E-state index is 14.5. The summed E-state index contributed by atoms with van der Waals surface area (Å²) in [6.07, 6.45) is -4.53. The molecule has 2 aromatic carbocycles. The highest BCUT2D eigenvalue weighted by Crippen LogP contribution is 2.41. The van der Waals surface area contributed by atoms with Crippen LogP contribution in [0.5, 0.6) is 5.75 Å². The van der Waals surface area contributed by atoms with Crippen molar-refractivity contribution in [3.63, 3.8) is 0 Å². The second-order valence-electron chi connectivity index (χ2n) is 7.50. The minimum absolute atomic E-state index is 0.0332. The van der Waals surface area contributed by atoms with Crippen molar-refractivity contribution in [1.82, 2.24) is 4.37 Å². The Hall–Kier alpha value is -2.94. The molecule has 170 valence electrons. The molecule has 3 aromatic rings. The van der Waals surface area contributed by atoms with E-state index in [0.29, 0.717) is 34.0 Å². The first kappa shape index (κ1) is 23.7. The van der Waals surface area contributed by atoms with Gasteiger partial charge in [-0.25, -0.2) is 4.39 Å². The monoisotopic (exact) mass is 467 g/mol. The Kier molecular flexibility index (Phi) is 6.88. The molecule has 9 heteroatoms. The molecule has 0 aliphatic rings. The van der Waals surface area contributed by atoms with Gasteiger partial charge in [0, 0.05) is 17.5 Å². The highest BCUT2D eigenvalue weighted by Gasteiger charge is 2.38. The molecule has 0 atom stereocenters. The maximum absolute atomic E-state index is 14.5. The number of aliphatic carboxylic acids is 1. The third kappa shape index (κ3) is 5.09. The summed E-state index contributed by atoms with van der Waals surface area (Å²) in [5.41, 5.74) is 1.43. The maximum Gasteiger partial charge on any atom is 0.434 e. The van der Waals surface area contributed by atoms with Crippen molar-refractivity contribution in [2.45, 2.75) is 46.4 Å². The van der Waals surface area contributed by atoms with E-state index < -0.39 is 30.3 Å². The number of alkyl halides is 3. The second-order valence-corrected chi connectivity index (χ2v) is 8.27. The van der Waals surface area contributed by atoms with Gasteiger partial charge in [-0.15, -0.1) is 0 Å². The minimum atomic E-state index is -4.72. The molecule has 1 heterocycles. The van der Waals surface area contributed by atoms with Crippen LogP contribution >= 0.6 is 11.5 Å². The van der Waals surface area contributed by atoms with Gasteiger partial charge in [0.15, 0.2) is 5.69 Å². The zero-order valence-electron chi connectivity index (χ0n) is 17.6. The van der Waals surface area contributed by atoms with Crippen molar-refractivity contribution in [3.05, 3.63) is 69.7 Å². The first-order valence-corrected chi connectivity index (χ1v) is 10.5. The number of halogens is 4. The summed E-state index contributed by atoms with van der Waals surface area (Å²) in [6, 6.07) is 7.83. The molecule has 0 fully saturated rings. The Bertz CT molecular complexity index is 1150. The van der Waals surface area contributed by atoms with Gasteiger partial charge >= 0.3 is 12.1 Å². The second kappa shape index (κ2) is 9.28. The SMILES string of the molecule is Cc1ccc(-c2snc(C(F)(F)F)c2COc2c(C)ccc(CCC(=O)O)c2C)c(F)c1. The number of carboxylic acid groups (broad SMARTS) is 1. The summed E-state index contributed by atoms with van der Waals surface area (Å²) in [5, 5.41) is 8.93. The fraction of sp³-hybridized carbons (Fsp3) is 0.304. The average Bonchev–Trinajstić information content (AvgIpc) is 3.11. The zero-order valence-corrected chi connectivity index (χ0v) is 18.5. The number of aryl methyl sites for hydroxylation is 3. The topological polar surface area (TPSA) is 59.4 Å². The molecule has 0 aliphatic heterocycles. The first-order chi connectivity index (χ1) is 15.0. The van der Waals surface area contributed by atoms with Crippen LogP contribution < -0.4 is 4.74 Å². The van der Waals surface area contributed by atoms with Gasteiger partial charge in [0.05, 0.1) is 4.88 Å². The molecule has 0 saturated heterocycles. The van der Waals surface area contributed by atoms with Crippen LogP contribution in [0.2, 0.25) is 0 Å². The number of aromatic nitrogens is 1. The third-order valence-electron chi connectivity index (χ3n) is 5.11. The quantitative estimate of drug-likeness (QED) is 0.404. The van der Waals surface area contributed by atoms with E-state index in [9.17, 15) is 22.4 Å². The molecule has 0 saturated carbocycles. The molecular weight excluding hydrogens is 446 g/mol. The van der Waals surface area contributed by atoms with Gasteiger partial charge in [0.25, 0.3) is 0 Å². The van der Waals surface area contributed by atoms with Crippen LogP contribution in [0, 0.1) is 26.6 Å². The molecule has 0 aliphatic carbocycles. The van der Waals surface area contributed by atoms with Crippen LogP contribution in [0.3, 0.4) is 0 Å². The highest BCUT2D eigenvalue weighted by atomic mass is 32.1. The van der Waals surface area contributed by atoms with E-state index in [2.05, 4.69) is 4.37 Å². The molecule has 0 radical (unpaired) electrons. The lowest BCUT2D eigenvalue weighted by Gasteiger charge is -2.17. The smallest absolute Gasteiger partial charge is 0.434 e. The zero-order chi connectivity index (χ0) is 23.6. The summed E-state index contributed by atoms with van der Waals surface area (Å²) >= 11 is 0.579. The molecular formula is C23H21F4NO3S. The number of ether oxygens (including phenoxy) is 1. The molecule has 0 unspecified atom stereocenters. The predicted octanol–water partition coefficient (Wildman–Crippen LogP) is 6.49. The van der Waals surface area contributed by atoms with Crippen molar-refractivity contribution >= 4 is 17.5 Å². The summed E-state index contributed by atoms with van der Waals surface area (Å²) in [7, 11) is 0.